The van der Waals surface area contributed by atoms with Gasteiger partial charge < -0.3 is 20.1 Å². The van der Waals surface area contributed by atoms with Crippen LogP contribution in [0.25, 0.3) is 10.9 Å². The Hall–Kier alpha value is -2.41. The Morgan fingerprint density at radius 2 is 2.08 bits per heavy atom. The van der Waals surface area contributed by atoms with Gasteiger partial charge in [-0.3, -0.25) is 4.79 Å². The number of anilines is 2. The predicted octanol–water partition coefficient (Wildman–Crippen LogP) is 2.21. The van der Waals surface area contributed by atoms with Gasteiger partial charge in [0.05, 0.1) is 11.2 Å². The van der Waals surface area contributed by atoms with Crippen LogP contribution in [0.5, 0.6) is 5.75 Å². The molecule has 7 heteroatoms. The first-order valence-electron chi connectivity index (χ1n) is 8.01. The Balaban J connectivity index is 2.25. The lowest BCUT2D eigenvalue weighted by Crippen LogP contribution is -2.52. The molecule has 1 aromatic carbocycles. The number of likely N-dealkylation sites (N-methyl/N-ethyl adjacent to an activating group) is 1. The molecule has 24 heavy (non-hydrogen) atoms. The SMILES string of the molecule is CCN1C(=O)C(C)(C)Oc2cc3nc(C)nc(NC(C)O)c3cc21. The average molecular weight is 330 g/mol. The maximum Gasteiger partial charge on any atom is 0.270 e. The van der Waals surface area contributed by atoms with Crippen LogP contribution in [0, 0.1) is 6.92 Å². The third-order valence-corrected chi connectivity index (χ3v) is 3.97. The molecule has 1 amide bonds. The van der Waals surface area contributed by atoms with E-state index in [9.17, 15) is 9.90 Å². The lowest BCUT2D eigenvalue weighted by Gasteiger charge is -2.38. The van der Waals surface area contributed by atoms with E-state index >= 15 is 0 Å². The summed E-state index contributed by atoms with van der Waals surface area (Å²) in [4.78, 5) is 23.1. The van der Waals surface area contributed by atoms with Crippen LogP contribution in [0.2, 0.25) is 0 Å². The van der Waals surface area contributed by atoms with Gasteiger partial charge in [-0.05, 0) is 40.7 Å². The first-order chi connectivity index (χ1) is 11.2. The van der Waals surface area contributed by atoms with E-state index in [0.717, 1.165) is 5.39 Å². The van der Waals surface area contributed by atoms with E-state index in [1.165, 1.54) is 0 Å². The zero-order valence-electron chi connectivity index (χ0n) is 14.5. The van der Waals surface area contributed by atoms with Gasteiger partial charge in [-0.2, -0.15) is 0 Å². The highest BCUT2D eigenvalue weighted by molar-refractivity contribution is 6.05. The Labute approximate surface area is 140 Å². The molecule has 0 spiro atoms. The second-order valence-corrected chi connectivity index (χ2v) is 6.44. The number of hydrogen-bond acceptors (Lipinski definition) is 6. The molecule has 128 valence electrons. The molecule has 0 aliphatic carbocycles. The number of aliphatic hydroxyl groups is 1. The lowest BCUT2D eigenvalue weighted by atomic mass is 10.0. The lowest BCUT2D eigenvalue weighted by molar-refractivity contribution is -0.132. The number of benzene rings is 1. The van der Waals surface area contributed by atoms with Crippen molar-refractivity contribution in [3.63, 3.8) is 0 Å². The van der Waals surface area contributed by atoms with Crippen LogP contribution in [0.4, 0.5) is 11.5 Å². The van der Waals surface area contributed by atoms with Crippen LogP contribution in [0.15, 0.2) is 12.1 Å². The summed E-state index contributed by atoms with van der Waals surface area (Å²) >= 11 is 0. The number of nitrogens with one attached hydrogen (secondary N) is 1. The summed E-state index contributed by atoms with van der Waals surface area (Å²) in [6.07, 6.45) is -0.752. The van der Waals surface area contributed by atoms with Crippen LogP contribution in [0.1, 0.15) is 33.5 Å². The summed E-state index contributed by atoms with van der Waals surface area (Å²) < 4.78 is 5.91. The van der Waals surface area contributed by atoms with Crippen molar-refractivity contribution in [3.8, 4) is 5.75 Å². The molecule has 1 unspecified atom stereocenters. The smallest absolute Gasteiger partial charge is 0.270 e. The molecule has 1 atom stereocenters. The number of aromatic nitrogens is 2. The molecule has 3 rings (SSSR count). The molecule has 2 heterocycles. The molecule has 1 aliphatic heterocycles. The van der Waals surface area contributed by atoms with Gasteiger partial charge in [-0.25, -0.2) is 9.97 Å². The Kier molecular flexibility index (Phi) is 3.83. The minimum atomic E-state index is -0.917. The van der Waals surface area contributed by atoms with Crippen molar-refractivity contribution >= 4 is 28.3 Å². The van der Waals surface area contributed by atoms with Crippen molar-refractivity contribution in [1.82, 2.24) is 9.97 Å². The molecule has 0 fully saturated rings. The standard InChI is InChI=1S/C17H22N4O3/c1-6-21-13-7-11-12(8-14(13)24-17(4,5)16(21)23)18-9(2)19-15(11)20-10(3)22/h7-8,10,22H,6H2,1-5H3,(H,18,19,20). The monoisotopic (exact) mass is 330 g/mol. The summed E-state index contributed by atoms with van der Waals surface area (Å²) in [6.45, 7) is 9.39. The largest absolute Gasteiger partial charge is 0.476 e. The first kappa shape index (κ1) is 16.4. The van der Waals surface area contributed by atoms with Crippen LogP contribution in [-0.2, 0) is 4.79 Å². The van der Waals surface area contributed by atoms with E-state index < -0.39 is 11.8 Å². The van der Waals surface area contributed by atoms with Crippen LogP contribution in [0.3, 0.4) is 0 Å². The van der Waals surface area contributed by atoms with E-state index in [-0.39, 0.29) is 5.91 Å². The molecular weight excluding hydrogens is 308 g/mol. The maximum atomic E-state index is 12.6. The van der Waals surface area contributed by atoms with Crippen LogP contribution >= 0.6 is 0 Å². The highest BCUT2D eigenvalue weighted by Crippen LogP contribution is 2.41. The molecule has 2 N–H and O–H groups in total. The minimum absolute atomic E-state index is 0.0880. The van der Waals surface area contributed by atoms with Crippen LogP contribution in [-0.4, -0.2) is 39.4 Å². The van der Waals surface area contributed by atoms with E-state index in [1.54, 1.807) is 32.6 Å². The molecule has 2 aromatic rings. The zero-order valence-corrected chi connectivity index (χ0v) is 14.5. The number of amides is 1. The number of aryl methyl sites for hydroxylation is 1. The third kappa shape index (κ3) is 2.65. The van der Waals surface area contributed by atoms with Gasteiger partial charge in [0, 0.05) is 18.0 Å². The Morgan fingerprint density at radius 1 is 1.38 bits per heavy atom. The summed E-state index contributed by atoms with van der Waals surface area (Å²) in [5.41, 5.74) is 0.473. The van der Waals surface area contributed by atoms with Gasteiger partial charge >= 0.3 is 0 Å². The first-order valence-corrected chi connectivity index (χ1v) is 8.01. The van der Waals surface area contributed by atoms with Crippen molar-refractivity contribution in [2.24, 2.45) is 0 Å². The normalized spacial score (nSPS) is 17.4. The van der Waals surface area contributed by atoms with Crippen molar-refractivity contribution in [2.75, 3.05) is 16.8 Å². The fraction of sp³-hybridized carbons (Fsp3) is 0.471. The summed E-state index contributed by atoms with van der Waals surface area (Å²) in [5.74, 6) is 1.65. The highest BCUT2D eigenvalue weighted by atomic mass is 16.5. The van der Waals surface area contributed by atoms with E-state index in [1.807, 2.05) is 19.1 Å². The zero-order chi connectivity index (χ0) is 17.6. The number of aliphatic hydroxyl groups excluding tert-OH is 1. The summed E-state index contributed by atoms with van der Waals surface area (Å²) in [5, 5.41) is 13.3. The third-order valence-electron chi connectivity index (χ3n) is 3.97. The molecule has 0 saturated heterocycles. The van der Waals surface area contributed by atoms with Crippen molar-refractivity contribution in [3.05, 3.63) is 18.0 Å². The number of carbonyl (C=O) groups excluding carboxylic acids is 1. The quantitative estimate of drug-likeness (QED) is 0.839. The van der Waals surface area contributed by atoms with Crippen molar-refractivity contribution in [1.29, 1.82) is 0 Å². The maximum absolute atomic E-state index is 12.6. The molecule has 0 radical (unpaired) electrons. The summed E-state index contributed by atoms with van der Waals surface area (Å²) in [7, 11) is 0. The second kappa shape index (κ2) is 5.59. The van der Waals surface area contributed by atoms with Gasteiger partial charge in [-0.1, -0.05) is 0 Å². The number of ether oxygens (including phenoxy) is 1. The molecule has 1 aromatic heterocycles. The summed E-state index contributed by atoms with van der Waals surface area (Å²) in [6, 6.07) is 3.66. The topological polar surface area (TPSA) is 87.6 Å². The molecular formula is C17H22N4O3. The van der Waals surface area contributed by atoms with Crippen molar-refractivity contribution in [2.45, 2.75) is 46.4 Å². The molecule has 1 aliphatic rings. The highest BCUT2D eigenvalue weighted by Gasteiger charge is 2.40. The van der Waals surface area contributed by atoms with E-state index in [4.69, 9.17) is 4.74 Å². The average Bonchev–Trinajstić information content (AvgIpc) is 2.46. The van der Waals surface area contributed by atoms with Crippen LogP contribution < -0.4 is 15.0 Å². The predicted molar refractivity (Wildman–Crippen MR) is 92.3 cm³/mol. The Bertz CT molecular complexity index is 817. The second-order valence-electron chi connectivity index (χ2n) is 6.44. The fourth-order valence-electron chi connectivity index (χ4n) is 2.93. The van der Waals surface area contributed by atoms with E-state index in [0.29, 0.717) is 35.1 Å². The molecule has 7 nitrogen and oxygen atoms in total. The fourth-order valence-corrected chi connectivity index (χ4v) is 2.93. The van der Waals surface area contributed by atoms with Gasteiger partial charge in [0.15, 0.2) is 5.60 Å². The molecule has 0 saturated carbocycles. The molecule has 0 bridgehead atoms. The Morgan fingerprint density at radius 3 is 2.71 bits per heavy atom. The van der Waals surface area contributed by atoms with Gasteiger partial charge in [-0.15, -0.1) is 0 Å². The minimum Gasteiger partial charge on any atom is -0.476 e. The van der Waals surface area contributed by atoms with Gasteiger partial charge in [0.1, 0.15) is 23.6 Å². The van der Waals surface area contributed by atoms with E-state index in [2.05, 4.69) is 15.3 Å². The number of nitrogens with zero attached hydrogens (tertiary/aromatic N) is 3. The number of fused-ring (bicyclic) bond motifs is 2. The number of rotatable bonds is 3. The van der Waals surface area contributed by atoms with Gasteiger partial charge in [0.25, 0.3) is 5.91 Å². The number of hydrogen-bond donors (Lipinski definition) is 2. The van der Waals surface area contributed by atoms with Crippen molar-refractivity contribution < 1.29 is 14.6 Å². The van der Waals surface area contributed by atoms with Gasteiger partial charge in [0.2, 0.25) is 0 Å². The number of carbonyl (C=O) groups is 1.